The van der Waals surface area contributed by atoms with Crippen LogP contribution < -0.4 is 11.1 Å². The summed E-state index contributed by atoms with van der Waals surface area (Å²) in [6.07, 6.45) is 1.63. The van der Waals surface area contributed by atoms with Gasteiger partial charge in [-0.15, -0.1) is 0 Å². The fraction of sp³-hybridized carbons (Fsp3) is 0.154. The van der Waals surface area contributed by atoms with Gasteiger partial charge >= 0.3 is 0 Å². The molecule has 4 nitrogen and oxygen atoms in total. The highest BCUT2D eigenvalue weighted by Gasteiger charge is 1.99. The number of nitrogens with two attached hydrogens (primary N) is 1. The molecular formula is C13H14BrN3O. The van der Waals surface area contributed by atoms with Gasteiger partial charge in [-0.3, -0.25) is 0 Å². The van der Waals surface area contributed by atoms with Crippen LogP contribution >= 0.6 is 15.9 Å². The Morgan fingerprint density at radius 2 is 2.11 bits per heavy atom. The highest BCUT2D eigenvalue weighted by atomic mass is 79.9. The summed E-state index contributed by atoms with van der Waals surface area (Å²) in [4.78, 5) is 4.27. The van der Waals surface area contributed by atoms with Crippen LogP contribution in [-0.4, -0.2) is 5.96 Å². The molecule has 0 aliphatic carbocycles. The molecule has 5 heteroatoms. The third kappa shape index (κ3) is 3.63. The van der Waals surface area contributed by atoms with Crippen molar-refractivity contribution in [1.82, 2.24) is 5.32 Å². The van der Waals surface area contributed by atoms with E-state index < -0.39 is 0 Å². The zero-order chi connectivity index (χ0) is 12.8. The van der Waals surface area contributed by atoms with Crippen LogP contribution in [0.5, 0.6) is 0 Å². The Morgan fingerprint density at radius 1 is 1.28 bits per heavy atom. The normalized spacial score (nSPS) is 11.5. The second kappa shape index (κ2) is 6.26. The van der Waals surface area contributed by atoms with Crippen molar-refractivity contribution in [3.63, 3.8) is 0 Å². The minimum Gasteiger partial charge on any atom is -0.467 e. The van der Waals surface area contributed by atoms with Crippen LogP contribution in [0.4, 0.5) is 0 Å². The molecular weight excluding hydrogens is 294 g/mol. The van der Waals surface area contributed by atoms with Crippen LogP contribution in [0, 0.1) is 0 Å². The lowest BCUT2D eigenvalue weighted by molar-refractivity contribution is 0.502. The smallest absolute Gasteiger partial charge is 0.189 e. The van der Waals surface area contributed by atoms with Gasteiger partial charge in [0.25, 0.3) is 0 Å². The van der Waals surface area contributed by atoms with Gasteiger partial charge in [0, 0.05) is 4.47 Å². The Kier molecular flexibility index (Phi) is 4.41. The maximum Gasteiger partial charge on any atom is 0.189 e. The van der Waals surface area contributed by atoms with Crippen LogP contribution in [0.25, 0.3) is 0 Å². The van der Waals surface area contributed by atoms with Crippen LogP contribution in [-0.2, 0) is 13.1 Å². The molecule has 0 amide bonds. The zero-order valence-electron chi connectivity index (χ0n) is 9.77. The van der Waals surface area contributed by atoms with Crippen LogP contribution in [0.1, 0.15) is 11.3 Å². The van der Waals surface area contributed by atoms with Crippen LogP contribution in [0.2, 0.25) is 0 Å². The van der Waals surface area contributed by atoms with Gasteiger partial charge in [-0.2, -0.15) is 0 Å². The Bertz CT molecular complexity index is 523. The number of nitrogens with one attached hydrogen (secondary N) is 1. The number of nitrogens with zero attached hydrogens (tertiary/aromatic N) is 1. The van der Waals surface area contributed by atoms with Crippen molar-refractivity contribution in [2.75, 3.05) is 0 Å². The quantitative estimate of drug-likeness (QED) is 0.674. The lowest BCUT2D eigenvalue weighted by Crippen LogP contribution is -2.30. The van der Waals surface area contributed by atoms with Crippen molar-refractivity contribution in [1.29, 1.82) is 0 Å². The van der Waals surface area contributed by atoms with Crippen molar-refractivity contribution in [3.8, 4) is 0 Å². The third-order valence-electron chi connectivity index (χ3n) is 2.40. The van der Waals surface area contributed by atoms with Gasteiger partial charge in [0.2, 0.25) is 0 Å². The number of hydrogen-bond donors (Lipinski definition) is 2. The van der Waals surface area contributed by atoms with E-state index in [1.807, 2.05) is 36.4 Å². The fourth-order valence-electron chi connectivity index (χ4n) is 1.44. The topological polar surface area (TPSA) is 63.5 Å². The van der Waals surface area contributed by atoms with Gasteiger partial charge in [0.05, 0.1) is 19.4 Å². The summed E-state index contributed by atoms with van der Waals surface area (Å²) in [5.74, 6) is 1.23. The van der Waals surface area contributed by atoms with Crippen LogP contribution in [0.3, 0.4) is 0 Å². The van der Waals surface area contributed by atoms with Crippen molar-refractivity contribution >= 4 is 21.9 Å². The summed E-state index contributed by atoms with van der Waals surface area (Å²) in [5.41, 5.74) is 6.87. The number of hydrogen-bond acceptors (Lipinski definition) is 2. The predicted molar refractivity (Wildman–Crippen MR) is 75.0 cm³/mol. The molecule has 18 heavy (non-hydrogen) atoms. The molecule has 2 aromatic rings. The molecule has 0 saturated heterocycles. The standard InChI is InChI=1S/C13H14BrN3O/c14-12-6-2-1-4-10(12)8-16-13(15)17-9-11-5-3-7-18-11/h1-7H,8-9H2,(H3,15,16,17). The van der Waals surface area contributed by atoms with E-state index in [0.29, 0.717) is 19.0 Å². The molecule has 0 aliphatic heterocycles. The van der Waals surface area contributed by atoms with E-state index >= 15 is 0 Å². The molecule has 94 valence electrons. The van der Waals surface area contributed by atoms with Crippen molar-refractivity contribution in [2.24, 2.45) is 10.7 Å². The molecule has 0 radical (unpaired) electrons. The zero-order valence-corrected chi connectivity index (χ0v) is 11.4. The van der Waals surface area contributed by atoms with E-state index in [4.69, 9.17) is 10.2 Å². The SMILES string of the molecule is NC(=NCc1ccccc1Br)NCc1ccco1. The number of guanidine groups is 1. The van der Waals surface area contributed by atoms with E-state index in [1.54, 1.807) is 6.26 Å². The summed E-state index contributed by atoms with van der Waals surface area (Å²) < 4.78 is 6.22. The van der Waals surface area contributed by atoms with Crippen molar-refractivity contribution in [2.45, 2.75) is 13.1 Å². The Hall–Kier alpha value is -1.75. The molecule has 0 fully saturated rings. The monoisotopic (exact) mass is 307 g/mol. The number of halogens is 1. The van der Waals surface area contributed by atoms with Gasteiger partial charge < -0.3 is 15.5 Å². The first-order valence-electron chi connectivity index (χ1n) is 5.55. The Morgan fingerprint density at radius 3 is 2.83 bits per heavy atom. The summed E-state index contributed by atoms with van der Waals surface area (Å²) in [7, 11) is 0. The van der Waals surface area contributed by atoms with E-state index in [-0.39, 0.29) is 0 Å². The molecule has 0 aliphatic rings. The molecule has 0 unspecified atom stereocenters. The highest BCUT2D eigenvalue weighted by Crippen LogP contribution is 2.16. The predicted octanol–water partition coefficient (Wildman–Crippen LogP) is 2.65. The maximum atomic E-state index is 5.77. The second-order valence-corrected chi connectivity index (χ2v) is 4.58. The molecule has 1 aromatic carbocycles. The number of benzene rings is 1. The van der Waals surface area contributed by atoms with Gasteiger partial charge in [0.1, 0.15) is 5.76 Å². The van der Waals surface area contributed by atoms with E-state index in [2.05, 4.69) is 26.2 Å². The number of rotatable bonds is 4. The molecule has 1 heterocycles. The maximum absolute atomic E-state index is 5.77. The largest absolute Gasteiger partial charge is 0.467 e. The first-order valence-corrected chi connectivity index (χ1v) is 6.34. The molecule has 0 spiro atoms. The third-order valence-corrected chi connectivity index (χ3v) is 3.18. The van der Waals surface area contributed by atoms with Crippen molar-refractivity contribution < 1.29 is 4.42 Å². The molecule has 3 N–H and O–H groups in total. The lowest BCUT2D eigenvalue weighted by atomic mass is 10.2. The summed E-state index contributed by atoms with van der Waals surface area (Å²) in [5, 5.41) is 2.99. The van der Waals surface area contributed by atoms with Gasteiger partial charge in [-0.05, 0) is 23.8 Å². The first kappa shape index (κ1) is 12.7. The van der Waals surface area contributed by atoms with E-state index in [9.17, 15) is 0 Å². The van der Waals surface area contributed by atoms with E-state index in [0.717, 1.165) is 15.8 Å². The second-order valence-electron chi connectivity index (χ2n) is 3.73. The Balaban J connectivity index is 1.87. The van der Waals surface area contributed by atoms with E-state index in [1.165, 1.54) is 0 Å². The molecule has 0 saturated carbocycles. The Labute approximate surface area is 114 Å². The first-order chi connectivity index (χ1) is 8.75. The molecule has 1 aromatic heterocycles. The minimum atomic E-state index is 0.405. The number of aliphatic imine (C=N–C) groups is 1. The highest BCUT2D eigenvalue weighted by molar-refractivity contribution is 9.10. The van der Waals surface area contributed by atoms with Gasteiger partial charge in [0.15, 0.2) is 5.96 Å². The van der Waals surface area contributed by atoms with Crippen LogP contribution in [0.15, 0.2) is 56.5 Å². The number of furan rings is 1. The van der Waals surface area contributed by atoms with Gasteiger partial charge in [-0.25, -0.2) is 4.99 Å². The summed E-state index contributed by atoms with van der Waals surface area (Å²) >= 11 is 3.47. The minimum absolute atomic E-state index is 0.405. The lowest BCUT2D eigenvalue weighted by Gasteiger charge is -2.04. The summed E-state index contributed by atoms with van der Waals surface area (Å²) in [6, 6.07) is 11.7. The fourth-order valence-corrected chi connectivity index (χ4v) is 1.85. The molecule has 0 bridgehead atoms. The average Bonchev–Trinajstić information content (AvgIpc) is 2.88. The van der Waals surface area contributed by atoms with Gasteiger partial charge in [-0.1, -0.05) is 34.1 Å². The van der Waals surface area contributed by atoms with Crippen molar-refractivity contribution in [3.05, 3.63) is 58.5 Å². The molecule has 2 rings (SSSR count). The average molecular weight is 308 g/mol. The molecule has 0 atom stereocenters. The summed E-state index contributed by atoms with van der Waals surface area (Å²) in [6.45, 7) is 1.08.